The third kappa shape index (κ3) is 5.15. The lowest BCUT2D eigenvalue weighted by molar-refractivity contribution is -0.124. The van der Waals surface area contributed by atoms with Crippen LogP contribution in [0.4, 0.5) is 0 Å². The van der Waals surface area contributed by atoms with Crippen LogP contribution in [0.25, 0.3) is 0 Å². The predicted octanol–water partition coefficient (Wildman–Crippen LogP) is 3.48. The van der Waals surface area contributed by atoms with Gasteiger partial charge in [0.15, 0.2) is 0 Å². The SMILES string of the molecule is CCCCNC(=O)[C@H]1CN(C(=O)c2cccc(OC)c2)C[C@H]1c1ccc(OC)cc1OC. The minimum Gasteiger partial charge on any atom is -0.497 e. The number of rotatable bonds is 9. The number of carbonyl (C=O) groups excluding carboxylic acids is 2. The van der Waals surface area contributed by atoms with Crippen LogP contribution in [-0.2, 0) is 4.79 Å². The Hall–Kier alpha value is -3.22. The number of hydrogen-bond donors (Lipinski definition) is 1. The first kappa shape index (κ1) is 23.4. The Morgan fingerprint density at radius 1 is 1.00 bits per heavy atom. The Bertz CT molecular complexity index is 946. The lowest BCUT2D eigenvalue weighted by Crippen LogP contribution is -2.36. The first-order valence-electron chi connectivity index (χ1n) is 10.9. The minimum atomic E-state index is -0.372. The highest BCUT2D eigenvalue weighted by Gasteiger charge is 2.41. The highest BCUT2D eigenvalue weighted by atomic mass is 16.5. The second kappa shape index (κ2) is 10.9. The molecule has 0 aromatic heterocycles. The molecule has 2 atom stereocenters. The summed E-state index contributed by atoms with van der Waals surface area (Å²) in [5.41, 5.74) is 1.43. The zero-order chi connectivity index (χ0) is 23.1. The molecule has 1 saturated heterocycles. The number of benzene rings is 2. The van der Waals surface area contributed by atoms with Crippen LogP contribution >= 0.6 is 0 Å². The summed E-state index contributed by atoms with van der Waals surface area (Å²) in [7, 11) is 4.77. The number of unbranched alkanes of at least 4 members (excludes halogenated alkanes) is 1. The molecule has 2 amide bonds. The third-order valence-corrected chi connectivity index (χ3v) is 5.93. The maximum atomic E-state index is 13.3. The number of likely N-dealkylation sites (tertiary alicyclic amines) is 1. The highest BCUT2D eigenvalue weighted by Crippen LogP contribution is 2.39. The van der Waals surface area contributed by atoms with Crippen molar-refractivity contribution >= 4 is 11.8 Å². The largest absolute Gasteiger partial charge is 0.497 e. The van der Waals surface area contributed by atoms with Gasteiger partial charge in [0, 0.05) is 42.7 Å². The number of nitrogens with zero attached hydrogens (tertiary/aromatic N) is 1. The molecule has 3 rings (SSSR count). The fourth-order valence-corrected chi connectivity index (χ4v) is 4.13. The number of methoxy groups -OCH3 is 3. The summed E-state index contributed by atoms with van der Waals surface area (Å²) in [5.74, 6) is 1.23. The number of hydrogen-bond acceptors (Lipinski definition) is 5. The van der Waals surface area contributed by atoms with Crippen molar-refractivity contribution in [3.8, 4) is 17.2 Å². The van der Waals surface area contributed by atoms with E-state index in [-0.39, 0.29) is 23.7 Å². The van der Waals surface area contributed by atoms with Gasteiger partial charge in [-0.2, -0.15) is 0 Å². The standard InChI is InChI=1S/C25H32N2O5/c1-5-6-12-26-24(28)22-16-27(25(29)17-8-7-9-18(13-17)30-2)15-21(22)20-11-10-19(31-3)14-23(20)32-4/h7-11,13-14,21-22H,5-6,12,15-16H2,1-4H3,(H,26,28)/t21-,22-/m0/s1. The molecule has 1 aliphatic rings. The van der Waals surface area contributed by atoms with Gasteiger partial charge in [-0.05, 0) is 30.7 Å². The molecule has 172 valence electrons. The van der Waals surface area contributed by atoms with Gasteiger partial charge in [-0.1, -0.05) is 25.5 Å². The molecule has 0 unspecified atom stereocenters. The van der Waals surface area contributed by atoms with Gasteiger partial charge in [-0.25, -0.2) is 0 Å². The van der Waals surface area contributed by atoms with Gasteiger partial charge < -0.3 is 24.4 Å². The first-order chi connectivity index (χ1) is 15.5. The molecule has 2 aromatic rings. The minimum absolute atomic E-state index is 0.0396. The van der Waals surface area contributed by atoms with Crippen molar-refractivity contribution in [2.45, 2.75) is 25.7 Å². The van der Waals surface area contributed by atoms with E-state index >= 15 is 0 Å². The molecule has 7 heteroatoms. The van der Waals surface area contributed by atoms with Crippen molar-refractivity contribution in [2.24, 2.45) is 5.92 Å². The quantitative estimate of drug-likeness (QED) is 0.604. The number of nitrogens with one attached hydrogen (secondary N) is 1. The van der Waals surface area contributed by atoms with E-state index in [1.165, 1.54) is 0 Å². The summed E-state index contributed by atoms with van der Waals surface area (Å²) in [6, 6.07) is 12.7. The molecule has 0 aliphatic carbocycles. The van der Waals surface area contributed by atoms with Crippen LogP contribution < -0.4 is 19.5 Å². The molecule has 0 spiro atoms. The van der Waals surface area contributed by atoms with Crippen molar-refractivity contribution in [3.63, 3.8) is 0 Å². The predicted molar refractivity (Wildman–Crippen MR) is 123 cm³/mol. The summed E-state index contributed by atoms with van der Waals surface area (Å²) in [6.45, 7) is 3.47. The average Bonchev–Trinajstić information content (AvgIpc) is 3.28. The van der Waals surface area contributed by atoms with Crippen LogP contribution in [-0.4, -0.2) is 57.7 Å². The van der Waals surface area contributed by atoms with Gasteiger partial charge in [0.1, 0.15) is 17.2 Å². The zero-order valence-corrected chi connectivity index (χ0v) is 19.2. The van der Waals surface area contributed by atoms with E-state index in [1.807, 2.05) is 18.2 Å². The van der Waals surface area contributed by atoms with Gasteiger partial charge in [0.05, 0.1) is 27.2 Å². The Morgan fingerprint density at radius 2 is 1.75 bits per heavy atom. The van der Waals surface area contributed by atoms with Gasteiger partial charge in [-0.15, -0.1) is 0 Å². The molecular formula is C25H32N2O5. The van der Waals surface area contributed by atoms with Crippen molar-refractivity contribution in [3.05, 3.63) is 53.6 Å². The van der Waals surface area contributed by atoms with Crippen molar-refractivity contribution in [2.75, 3.05) is 41.0 Å². The summed E-state index contributed by atoms with van der Waals surface area (Å²) in [4.78, 5) is 28.1. The lowest BCUT2D eigenvalue weighted by atomic mass is 9.87. The maximum absolute atomic E-state index is 13.3. The van der Waals surface area contributed by atoms with Crippen molar-refractivity contribution in [1.29, 1.82) is 0 Å². The van der Waals surface area contributed by atoms with Crippen LogP contribution in [0.15, 0.2) is 42.5 Å². The third-order valence-electron chi connectivity index (χ3n) is 5.93. The number of amides is 2. The Labute approximate surface area is 189 Å². The fraction of sp³-hybridized carbons (Fsp3) is 0.440. The molecule has 1 heterocycles. The van der Waals surface area contributed by atoms with E-state index in [0.717, 1.165) is 18.4 Å². The summed E-state index contributed by atoms with van der Waals surface area (Å²) < 4.78 is 16.2. The summed E-state index contributed by atoms with van der Waals surface area (Å²) >= 11 is 0. The molecule has 0 radical (unpaired) electrons. The molecule has 0 saturated carbocycles. The van der Waals surface area contributed by atoms with Crippen LogP contribution in [0.3, 0.4) is 0 Å². The molecule has 32 heavy (non-hydrogen) atoms. The van der Waals surface area contributed by atoms with Crippen LogP contribution in [0, 0.1) is 5.92 Å². The molecule has 1 N–H and O–H groups in total. The van der Waals surface area contributed by atoms with E-state index in [2.05, 4.69) is 12.2 Å². The van der Waals surface area contributed by atoms with E-state index < -0.39 is 0 Å². The van der Waals surface area contributed by atoms with Crippen molar-refractivity contribution in [1.82, 2.24) is 10.2 Å². The molecule has 1 aliphatic heterocycles. The van der Waals surface area contributed by atoms with E-state index in [0.29, 0.717) is 42.4 Å². The maximum Gasteiger partial charge on any atom is 0.254 e. The highest BCUT2D eigenvalue weighted by molar-refractivity contribution is 5.95. The van der Waals surface area contributed by atoms with Crippen molar-refractivity contribution < 1.29 is 23.8 Å². The van der Waals surface area contributed by atoms with E-state index in [1.54, 1.807) is 50.5 Å². The molecule has 1 fully saturated rings. The topological polar surface area (TPSA) is 77.1 Å². The molecular weight excluding hydrogens is 408 g/mol. The van der Waals surface area contributed by atoms with E-state index in [4.69, 9.17) is 14.2 Å². The van der Waals surface area contributed by atoms with Crippen LogP contribution in [0.1, 0.15) is 41.6 Å². The Morgan fingerprint density at radius 3 is 2.44 bits per heavy atom. The second-order valence-corrected chi connectivity index (χ2v) is 7.91. The van der Waals surface area contributed by atoms with Gasteiger partial charge in [-0.3, -0.25) is 9.59 Å². The van der Waals surface area contributed by atoms with Gasteiger partial charge in [0.2, 0.25) is 5.91 Å². The van der Waals surface area contributed by atoms with Crippen LogP contribution in [0.2, 0.25) is 0 Å². The first-order valence-corrected chi connectivity index (χ1v) is 10.9. The molecule has 7 nitrogen and oxygen atoms in total. The Balaban J connectivity index is 1.90. The zero-order valence-electron chi connectivity index (χ0n) is 19.2. The lowest BCUT2D eigenvalue weighted by Gasteiger charge is -2.21. The summed E-state index contributed by atoms with van der Waals surface area (Å²) in [5, 5.41) is 3.04. The number of carbonyl (C=O) groups is 2. The summed E-state index contributed by atoms with van der Waals surface area (Å²) in [6.07, 6.45) is 1.92. The van der Waals surface area contributed by atoms with E-state index in [9.17, 15) is 9.59 Å². The van der Waals surface area contributed by atoms with Crippen LogP contribution in [0.5, 0.6) is 17.2 Å². The molecule has 2 aromatic carbocycles. The Kier molecular flexibility index (Phi) is 7.98. The van der Waals surface area contributed by atoms with Gasteiger partial charge >= 0.3 is 0 Å². The number of ether oxygens (including phenoxy) is 3. The smallest absolute Gasteiger partial charge is 0.254 e. The molecule has 0 bridgehead atoms. The average molecular weight is 441 g/mol. The monoisotopic (exact) mass is 440 g/mol. The fourth-order valence-electron chi connectivity index (χ4n) is 4.13. The van der Waals surface area contributed by atoms with Gasteiger partial charge in [0.25, 0.3) is 5.91 Å². The second-order valence-electron chi connectivity index (χ2n) is 7.91. The normalized spacial score (nSPS) is 17.7.